The van der Waals surface area contributed by atoms with E-state index in [1.165, 1.54) is 0 Å². The van der Waals surface area contributed by atoms with Crippen molar-refractivity contribution in [3.63, 3.8) is 0 Å². The smallest absolute Gasteiger partial charge is 0.163 e. The van der Waals surface area contributed by atoms with Crippen molar-refractivity contribution in [3.8, 4) is 0 Å². The molecule has 1 aliphatic rings. The zero-order chi connectivity index (χ0) is 6.74. The Morgan fingerprint density at radius 1 is 1.11 bits per heavy atom. The van der Waals surface area contributed by atoms with Crippen LogP contribution in [-0.2, 0) is 0 Å². The van der Waals surface area contributed by atoms with Crippen LogP contribution in [-0.4, -0.2) is 29.1 Å². The summed E-state index contributed by atoms with van der Waals surface area (Å²) < 4.78 is 0. The predicted octanol–water partition coefficient (Wildman–Crippen LogP) is -0.559. The van der Waals surface area contributed by atoms with Crippen molar-refractivity contribution < 1.29 is 10.2 Å². The van der Waals surface area contributed by atoms with Crippen LogP contribution in [0.25, 0.3) is 0 Å². The maximum Gasteiger partial charge on any atom is 0.163 e. The van der Waals surface area contributed by atoms with Crippen LogP contribution in [0, 0.1) is 0 Å². The number of nitrogens with one attached hydrogen (secondary N) is 1. The van der Waals surface area contributed by atoms with Crippen LogP contribution in [0.5, 0.6) is 0 Å². The molecular weight excluding hydrogens is 118 g/mol. The molecule has 0 aromatic rings. The normalized spacial score (nSPS) is 27.3. The molecule has 3 heteroatoms. The van der Waals surface area contributed by atoms with Crippen molar-refractivity contribution >= 4 is 0 Å². The lowest BCUT2D eigenvalue weighted by Gasteiger charge is -2.17. The van der Waals surface area contributed by atoms with Crippen LogP contribution < -0.4 is 5.32 Å². The molecule has 0 unspecified atom stereocenters. The minimum Gasteiger partial charge on any atom is -0.366 e. The largest absolute Gasteiger partial charge is 0.366 e. The number of hydrogen-bond donors (Lipinski definition) is 3. The van der Waals surface area contributed by atoms with E-state index < -0.39 is 5.79 Å². The van der Waals surface area contributed by atoms with Gasteiger partial charge in [-0.2, -0.15) is 0 Å². The van der Waals surface area contributed by atoms with Gasteiger partial charge in [-0.25, -0.2) is 0 Å². The van der Waals surface area contributed by atoms with Gasteiger partial charge in [0.05, 0.1) is 0 Å². The van der Waals surface area contributed by atoms with Gasteiger partial charge in [-0.05, 0) is 13.0 Å². The molecule has 0 bridgehead atoms. The van der Waals surface area contributed by atoms with E-state index in [-0.39, 0.29) is 0 Å². The molecular formula is C6H13NO2. The molecule has 0 spiro atoms. The summed E-state index contributed by atoms with van der Waals surface area (Å²) in [5, 5.41) is 21.2. The molecule has 1 heterocycles. The first-order valence-electron chi connectivity index (χ1n) is 3.36. The van der Waals surface area contributed by atoms with E-state index in [1.807, 2.05) is 0 Å². The Labute approximate surface area is 54.7 Å². The maximum atomic E-state index is 9.07. The fraction of sp³-hybridized carbons (Fsp3) is 1.00. The molecule has 1 rings (SSSR count). The van der Waals surface area contributed by atoms with E-state index >= 15 is 0 Å². The summed E-state index contributed by atoms with van der Waals surface area (Å²) in [6, 6.07) is 0. The molecule has 3 nitrogen and oxygen atoms in total. The molecule has 0 aromatic heterocycles. The van der Waals surface area contributed by atoms with Gasteiger partial charge in [0.15, 0.2) is 5.79 Å². The summed E-state index contributed by atoms with van der Waals surface area (Å²) in [5.74, 6) is -1.40. The summed E-state index contributed by atoms with van der Waals surface area (Å²) in [7, 11) is 0. The highest BCUT2D eigenvalue weighted by Crippen LogP contribution is 2.14. The quantitative estimate of drug-likeness (QED) is 0.386. The van der Waals surface area contributed by atoms with Crippen molar-refractivity contribution in [2.45, 2.75) is 25.0 Å². The average Bonchev–Trinajstić information content (AvgIpc) is 1.92. The predicted molar refractivity (Wildman–Crippen MR) is 33.9 cm³/mol. The third kappa shape index (κ3) is 2.30. The Hall–Kier alpha value is -0.120. The standard InChI is InChI=1S/C6H13NO2/c8-6(9)2-1-4-7-5-3-6/h7-9H,1-5H2. The fourth-order valence-electron chi connectivity index (χ4n) is 1.04. The summed E-state index contributed by atoms with van der Waals surface area (Å²) in [4.78, 5) is 0. The minimum atomic E-state index is -1.40. The Balaban J connectivity index is 2.36. The van der Waals surface area contributed by atoms with Crippen molar-refractivity contribution in [3.05, 3.63) is 0 Å². The second-order valence-corrected chi connectivity index (χ2v) is 2.59. The van der Waals surface area contributed by atoms with E-state index in [9.17, 15) is 0 Å². The molecule has 0 aromatic carbocycles. The highest BCUT2D eigenvalue weighted by molar-refractivity contribution is 4.70. The highest BCUT2D eigenvalue weighted by Gasteiger charge is 2.23. The summed E-state index contributed by atoms with van der Waals surface area (Å²) in [6.07, 6.45) is 1.81. The van der Waals surface area contributed by atoms with E-state index in [2.05, 4.69) is 5.32 Å². The first-order chi connectivity index (χ1) is 4.21. The third-order valence-electron chi connectivity index (χ3n) is 1.63. The first kappa shape index (κ1) is 6.99. The lowest BCUT2D eigenvalue weighted by molar-refractivity contribution is -0.166. The fourth-order valence-corrected chi connectivity index (χ4v) is 1.04. The van der Waals surface area contributed by atoms with Crippen LogP contribution >= 0.6 is 0 Å². The molecule has 0 saturated carbocycles. The van der Waals surface area contributed by atoms with E-state index in [0.29, 0.717) is 19.4 Å². The topological polar surface area (TPSA) is 52.5 Å². The molecule has 1 aliphatic heterocycles. The number of rotatable bonds is 0. The van der Waals surface area contributed by atoms with E-state index in [4.69, 9.17) is 10.2 Å². The molecule has 0 amide bonds. The minimum absolute atomic E-state index is 0.451. The first-order valence-corrected chi connectivity index (χ1v) is 3.36. The van der Waals surface area contributed by atoms with Gasteiger partial charge < -0.3 is 15.5 Å². The van der Waals surface area contributed by atoms with Crippen LogP contribution in [0.4, 0.5) is 0 Å². The van der Waals surface area contributed by atoms with Gasteiger partial charge in [0.25, 0.3) is 0 Å². The van der Waals surface area contributed by atoms with Gasteiger partial charge in [0.2, 0.25) is 0 Å². The Morgan fingerprint density at radius 2 is 1.89 bits per heavy atom. The zero-order valence-corrected chi connectivity index (χ0v) is 5.43. The van der Waals surface area contributed by atoms with Gasteiger partial charge in [-0.15, -0.1) is 0 Å². The van der Waals surface area contributed by atoms with Gasteiger partial charge >= 0.3 is 0 Å². The summed E-state index contributed by atoms with van der Waals surface area (Å²) in [5.41, 5.74) is 0. The van der Waals surface area contributed by atoms with Crippen LogP contribution in [0.1, 0.15) is 19.3 Å². The van der Waals surface area contributed by atoms with Crippen molar-refractivity contribution in [1.29, 1.82) is 0 Å². The average molecular weight is 131 g/mol. The van der Waals surface area contributed by atoms with Gasteiger partial charge in [0.1, 0.15) is 0 Å². The third-order valence-corrected chi connectivity index (χ3v) is 1.63. The van der Waals surface area contributed by atoms with Crippen LogP contribution in [0.15, 0.2) is 0 Å². The molecule has 9 heavy (non-hydrogen) atoms. The van der Waals surface area contributed by atoms with Gasteiger partial charge in [-0.1, -0.05) is 0 Å². The monoisotopic (exact) mass is 131 g/mol. The number of hydrogen-bond acceptors (Lipinski definition) is 3. The Kier molecular flexibility index (Phi) is 2.05. The lowest BCUT2D eigenvalue weighted by Crippen LogP contribution is -2.28. The van der Waals surface area contributed by atoms with Gasteiger partial charge in [0, 0.05) is 19.4 Å². The van der Waals surface area contributed by atoms with Crippen LogP contribution in [0.2, 0.25) is 0 Å². The number of aliphatic hydroxyl groups is 2. The Bertz CT molecular complexity index is 83.1. The molecule has 0 radical (unpaired) electrons. The van der Waals surface area contributed by atoms with Gasteiger partial charge in [-0.3, -0.25) is 0 Å². The molecule has 0 atom stereocenters. The highest BCUT2D eigenvalue weighted by atomic mass is 16.5. The van der Waals surface area contributed by atoms with E-state index in [1.54, 1.807) is 0 Å². The lowest BCUT2D eigenvalue weighted by atomic mass is 10.1. The molecule has 3 N–H and O–H groups in total. The van der Waals surface area contributed by atoms with E-state index in [0.717, 1.165) is 13.0 Å². The SMILES string of the molecule is OC1(O)CCCNCC1. The van der Waals surface area contributed by atoms with Crippen LogP contribution in [0.3, 0.4) is 0 Å². The zero-order valence-electron chi connectivity index (χ0n) is 5.43. The second-order valence-electron chi connectivity index (χ2n) is 2.59. The van der Waals surface area contributed by atoms with Crippen molar-refractivity contribution in [2.24, 2.45) is 0 Å². The molecule has 54 valence electrons. The summed E-state index contributed by atoms with van der Waals surface area (Å²) in [6.45, 7) is 1.62. The molecule has 1 fully saturated rings. The maximum absolute atomic E-state index is 9.07. The molecule has 1 saturated heterocycles. The summed E-state index contributed by atoms with van der Waals surface area (Å²) >= 11 is 0. The Morgan fingerprint density at radius 3 is 2.67 bits per heavy atom. The van der Waals surface area contributed by atoms with Crippen molar-refractivity contribution in [2.75, 3.05) is 13.1 Å². The second kappa shape index (κ2) is 2.64. The van der Waals surface area contributed by atoms with Crippen molar-refractivity contribution in [1.82, 2.24) is 5.32 Å². The molecule has 0 aliphatic carbocycles.